The number of benzene rings is 2. The third-order valence-corrected chi connectivity index (χ3v) is 9.68. The molecule has 0 bridgehead atoms. The van der Waals surface area contributed by atoms with Gasteiger partial charge in [-0.2, -0.15) is 0 Å². The summed E-state index contributed by atoms with van der Waals surface area (Å²) in [5.74, 6) is -3.01. The van der Waals surface area contributed by atoms with Crippen LogP contribution in [0.2, 0.25) is 0 Å². The molecule has 2 aromatic carbocycles. The van der Waals surface area contributed by atoms with E-state index in [1.54, 1.807) is 13.0 Å². The smallest absolute Gasteiger partial charge is 0.202 e. The number of aromatic hydroxyl groups is 2. The first-order valence-corrected chi connectivity index (χ1v) is 14.9. The maximum Gasteiger partial charge on any atom is 0.202 e. The van der Waals surface area contributed by atoms with Crippen molar-refractivity contribution in [2.45, 2.75) is 89.1 Å². The quantitative estimate of drug-likeness (QED) is 0.209. The number of aliphatic hydroxyl groups excluding tert-OH is 2. The van der Waals surface area contributed by atoms with Gasteiger partial charge in [-0.25, -0.2) is 0 Å². The molecule has 11 nitrogen and oxygen atoms in total. The molecule has 7 unspecified atom stereocenters. The molecule has 7 atom stereocenters. The number of hydrogen-bond donors (Lipinski definition) is 6. The molecule has 1 aliphatic heterocycles. The Morgan fingerprint density at radius 3 is 2.37 bits per heavy atom. The van der Waals surface area contributed by atoms with Gasteiger partial charge in [0.25, 0.3) is 0 Å². The van der Waals surface area contributed by atoms with Gasteiger partial charge in [0.1, 0.15) is 17.2 Å². The largest absolute Gasteiger partial charge is 0.507 e. The van der Waals surface area contributed by atoms with Crippen molar-refractivity contribution in [2.75, 3.05) is 13.7 Å². The van der Waals surface area contributed by atoms with Crippen LogP contribution in [-0.2, 0) is 15.9 Å². The number of rotatable bonds is 8. The third-order valence-electron chi connectivity index (χ3n) is 9.68. The van der Waals surface area contributed by atoms with Gasteiger partial charge in [-0.3, -0.25) is 9.59 Å². The summed E-state index contributed by atoms with van der Waals surface area (Å²) in [5, 5.41) is 56.4. The summed E-state index contributed by atoms with van der Waals surface area (Å²) in [5.41, 5.74) is 3.88. The molecule has 1 saturated heterocycles. The average Bonchev–Trinajstić information content (AvgIpc) is 2.98. The summed E-state index contributed by atoms with van der Waals surface area (Å²) in [6.07, 6.45) is -2.54. The number of phenols is 2. The standard InChI is InChI=1S/C32H41NO10/c1-5-15(6-2)18(13-34)32(40)11-17-24(21(12-32)43-22-10-19(33)27(35)14(3)42-22)31(39)26-25(29(17)37)28(36)16-8-7-9-20(41-4)23(16)30(26)38/h7-9,14-15,18-19,21-22,27,34-35,37,39-40H,5-6,10-13,33H2,1-4H3. The van der Waals surface area contributed by atoms with Crippen LogP contribution in [0.25, 0.3) is 0 Å². The number of aliphatic hydroxyl groups is 3. The predicted molar refractivity (Wildman–Crippen MR) is 154 cm³/mol. The van der Waals surface area contributed by atoms with Gasteiger partial charge in [0.05, 0.1) is 47.7 Å². The normalized spacial score (nSPS) is 29.2. The zero-order chi connectivity index (χ0) is 31.4. The van der Waals surface area contributed by atoms with Gasteiger partial charge in [0.2, 0.25) is 5.78 Å². The van der Waals surface area contributed by atoms with Gasteiger partial charge >= 0.3 is 0 Å². The Morgan fingerprint density at radius 2 is 1.77 bits per heavy atom. The second-order valence-electron chi connectivity index (χ2n) is 12.0. The molecular formula is C32H41NO10. The Morgan fingerprint density at radius 1 is 1.09 bits per heavy atom. The molecule has 1 heterocycles. The van der Waals surface area contributed by atoms with Crippen LogP contribution in [0.5, 0.6) is 17.2 Å². The second-order valence-corrected chi connectivity index (χ2v) is 12.0. The van der Waals surface area contributed by atoms with Crippen molar-refractivity contribution in [3.8, 4) is 17.2 Å². The van der Waals surface area contributed by atoms with Crippen LogP contribution in [0.3, 0.4) is 0 Å². The molecule has 11 heteroatoms. The summed E-state index contributed by atoms with van der Waals surface area (Å²) >= 11 is 0. The lowest BCUT2D eigenvalue weighted by Gasteiger charge is -2.47. The van der Waals surface area contributed by atoms with E-state index in [9.17, 15) is 35.1 Å². The molecule has 0 radical (unpaired) electrons. The summed E-state index contributed by atoms with van der Waals surface area (Å²) in [6.45, 7) is 5.23. The monoisotopic (exact) mass is 599 g/mol. The summed E-state index contributed by atoms with van der Waals surface area (Å²) < 4.78 is 17.5. The molecule has 0 saturated carbocycles. The molecule has 1 fully saturated rings. The van der Waals surface area contributed by atoms with Gasteiger partial charge < -0.3 is 45.5 Å². The van der Waals surface area contributed by atoms with Gasteiger partial charge in [-0.05, 0) is 18.9 Å². The molecule has 43 heavy (non-hydrogen) atoms. The Kier molecular flexibility index (Phi) is 8.60. The van der Waals surface area contributed by atoms with E-state index >= 15 is 0 Å². The molecule has 0 spiro atoms. The number of carbonyl (C=O) groups excluding carboxylic acids is 2. The van der Waals surface area contributed by atoms with Crippen molar-refractivity contribution in [1.29, 1.82) is 0 Å². The van der Waals surface area contributed by atoms with E-state index in [0.717, 1.165) is 0 Å². The fraction of sp³-hybridized carbons (Fsp3) is 0.562. The Labute approximate surface area is 250 Å². The van der Waals surface area contributed by atoms with Crippen molar-refractivity contribution >= 4 is 11.6 Å². The first-order valence-electron chi connectivity index (χ1n) is 14.9. The van der Waals surface area contributed by atoms with E-state index < -0.39 is 65.2 Å². The summed E-state index contributed by atoms with van der Waals surface area (Å²) in [6, 6.07) is 3.87. The number of ketones is 2. The molecule has 234 valence electrons. The molecule has 5 rings (SSSR count). The first kappa shape index (κ1) is 31.4. The van der Waals surface area contributed by atoms with Crippen LogP contribution in [-0.4, -0.2) is 81.0 Å². The van der Waals surface area contributed by atoms with Crippen molar-refractivity contribution in [3.63, 3.8) is 0 Å². The predicted octanol–water partition coefficient (Wildman–Crippen LogP) is 2.48. The van der Waals surface area contributed by atoms with Crippen molar-refractivity contribution < 1.29 is 49.3 Å². The molecule has 0 aromatic heterocycles. The van der Waals surface area contributed by atoms with Gasteiger partial charge in [0.15, 0.2) is 12.1 Å². The van der Waals surface area contributed by atoms with Crippen LogP contribution < -0.4 is 10.5 Å². The highest BCUT2D eigenvalue weighted by molar-refractivity contribution is 6.31. The maximum atomic E-state index is 13.9. The second kappa shape index (κ2) is 11.8. The van der Waals surface area contributed by atoms with E-state index in [0.29, 0.717) is 12.8 Å². The molecule has 0 amide bonds. The lowest BCUT2D eigenvalue weighted by Crippen LogP contribution is -2.53. The number of nitrogens with two attached hydrogens (primary N) is 1. The van der Waals surface area contributed by atoms with Gasteiger partial charge in [-0.15, -0.1) is 0 Å². The van der Waals surface area contributed by atoms with Crippen LogP contribution in [0.1, 0.15) is 95.5 Å². The van der Waals surface area contributed by atoms with Crippen molar-refractivity contribution in [2.24, 2.45) is 17.6 Å². The zero-order valence-electron chi connectivity index (χ0n) is 24.9. The fourth-order valence-electron chi connectivity index (χ4n) is 7.32. The minimum absolute atomic E-state index is 0.0211. The Balaban J connectivity index is 1.70. The molecular weight excluding hydrogens is 558 g/mol. The van der Waals surface area contributed by atoms with Crippen LogP contribution in [0.15, 0.2) is 18.2 Å². The summed E-state index contributed by atoms with van der Waals surface area (Å²) in [7, 11) is 1.36. The highest BCUT2D eigenvalue weighted by Gasteiger charge is 2.51. The number of carbonyl (C=O) groups is 2. The van der Waals surface area contributed by atoms with Crippen LogP contribution in [0, 0.1) is 11.8 Å². The Bertz CT molecular complexity index is 1410. The summed E-state index contributed by atoms with van der Waals surface area (Å²) in [4.78, 5) is 27.6. The lowest BCUT2D eigenvalue weighted by molar-refractivity contribution is -0.250. The SMILES string of the molecule is CCC(CC)C(CO)C1(O)Cc2c(O)c3c(c(O)c2C(OC2CC(N)C(O)C(C)O2)C1)C(=O)c1c(OC)cccc1C3=O. The van der Waals surface area contributed by atoms with Crippen LogP contribution >= 0.6 is 0 Å². The van der Waals surface area contributed by atoms with E-state index in [-0.39, 0.29) is 70.9 Å². The zero-order valence-corrected chi connectivity index (χ0v) is 24.9. The van der Waals surface area contributed by atoms with E-state index in [2.05, 4.69) is 0 Å². The van der Waals surface area contributed by atoms with Crippen molar-refractivity contribution in [3.05, 3.63) is 51.6 Å². The number of hydrogen-bond acceptors (Lipinski definition) is 11. The molecule has 7 N–H and O–H groups in total. The minimum Gasteiger partial charge on any atom is -0.507 e. The Hall–Kier alpha value is -3.06. The van der Waals surface area contributed by atoms with E-state index in [1.165, 1.54) is 19.2 Å². The molecule has 2 aliphatic carbocycles. The highest BCUT2D eigenvalue weighted by atomic mass is 16.7. The minimum atomic E-state index is -1.62. The number of fused-ring (bicyclic) bond motifs is 3. The number of phenolic OH excluding ortho intramolecular Hbond substituents is 2. The molecule has 2 aromatic rings. The first-order chi connectivity index (χ1) is 20.4. The molecule has 3 aliphatic rings. The maximum absolute atomic E-state index is 13.9. The third kappa shape index (κ3) is 5.01. The van der Waals surface area contributed by atoms with E-state index in [1.807, 2.05) is 13.8 Å². The van der Waals surface area contributed by atoms with Gasteiger partial charge in [0, 0.05) is 54.5 Å². The van der Waals surface area contributed by atoms with Crippen LogP contribution in [0.4, 0.5) is 0 Å². The van der Waals surface area contributed by atoms with E-state index in [4.69, 9.17) is 19.9 Å². The number of methoxy groups -OCH3 is 1. The number of ether oxygens (including phenoxy) is 3. The van der Waals surface area contributed by atoms with Crippen molar-refractivity contribution in [1.82, 2.24) is 0 Å². The average molecular weight is 600 g/mol. The topological polar surface area (TPSA) is 189 Å². The highest BCUT2D eigenvalue weighted by Crippen LogP contribution is 2.54. The fourth-order valence-corrected chi connectivity index (χ4v) is 7.32. The lowest BCUT2D eigenvalue weighted by atomic mass is 9.65. The van der Waals surface area contributed by atoms with Gasteiger partial charge in [-0.1, -0.05) is 38.8 Å².